The van der Waals surface area contributed by atoms with Crippen molar-refractivity contribution in [2.75, 3.05) is 12.4 Å². The van der Waals surface area contributed by atoms with E-state index >= 15 is 0 Å². The third-order valence-corrected chi connectivity index (χ3v) is 4.25. The van der Waals surface area contributed by atoms with E-state index in [1.54, 1.807) is 32.0 Å². The molecular weight excluding hydrogens is 346 g/mol. The molecule has 0 aromatic heterocycles. The summed E-state index contributed by atoms with van der Waals surface area (Å²) < 4.78 is 4.90. The predicted molar refractivity (Wildman–Crippen MR) is 102 cm³/mol. The van der Waals surface area contributed by atoms with Crippen molar-refractivity contribution in [2.45, 2.75) is 19.9 Å². The van der Waals surface area contributed by atoms with Crippen molar-refractivity contribution in [3.63, 3.8) is 0 Å². The van der Waals surface area contributed by atoms with Gasteiger partial charge in [-0.25, -0.2) is 4.79 Å². The Kier molecular flexibility index (Phi) is 6.18. The maximum absolute atomic E-state index is 12.5. The lowest BCUT2D eigenvalue weighted by atomic mass is 9.80. The number of nitrogens with one attached hydrogen (secondary N) is 2. The number of urea groups is 1. The van der Waals surface area contributed by atoms with Crippen LogP contribution >= 0.6 is 0 Å². The zero-order valence-corrected chi connectivity index (χ0v) is 15.5. The van der Waals surface area contributed by atoms with Gasteiger partial charge in [0.15, 0.2) is 0 Å². The van der Waals surface area contributed by atoms with Crippen molar-refractivity contribution in [1.82, 2.24) is 5.32 Å². The third kappa shape index (κ3) is 4.84. The largest absolute Gasteiger partial charge is 0.469 e. The molecule has 0 heterocycles. The number of hydrogen-bond donors (Lipinski definition) is 3. The molecule has 7 heteroatoms. The molecule has 0 radical (unpaired) electrons. The van der Waals surface area contributed by atoms with Crippen LogP contribution in [0.5, 0.6) is 0 Å². The Morgan fingerprint density at radius 3 is 2.30 bits per heavy atom. The van der Waals surface area contributed by atoms with Crippen molar-refractivity contribution in [1.29, 1.82) is 0 Å². The molecule has 0 spiro atoms. The fourth-order valence-electron chi connectivity index (χ4n) is 2.76. The second kappa shape index (κ2) is 8.35. The van der Waals surface area contributed by atoms with Crippen LogP contribution in [0.2, 0.25) is 0 Å². The standard InChI is InChI=1S/C20H23N3O4/c1-20(2,18(25)27-3)16(13-8-5-4-6-9-13)23-19(26)22-15-11-7-10-14(12-15)17(21)24/h4-12,16H,1-3H3,(H2,21,24)(H2,22,23,26). The average molecular weight is 369 g/mol. The zero-order valence-electron chi connectivity index (χ0n) is 15.5. The lowest BCUT2D eigenvalue weighted by Crippen LogP contribution is -2.44. The van der Waals surface area contributed by atoms with Gasteiger partial charge in [0.05, 0.1) is 18.6 Å². The SMILES string of the molecule is COC(=O)C(C)(C)C(NC(=O)Nc1cccc(C(N)=O)c1)c1ccccc1. The summed E-state index contributed by atoms with van der Waals surface area (Å²) >= 11 is 0. The molecule has 0 fully saturated rings. The molecule has 2 aromatic carbocycles. The minimum absolute atomic E-state index is 0.280. The van der Waals surface area contributed by atoms with Crippen LogP contribution in [0.25, 0.3) is 0 Å². The molecule has 0 aliphatic heterocycles. The van der Waals surface area contributed by atoms with Gasteiger partial charge in [0.2, 0.25) is 5.91 Å². The number of esters is 1. The number of nitrogens with two attached hydrogens (primary N) is 1. The van der Waals surface area contributed by atoms with Crippen molar-refractivity contribution in [2.24, 2.45) is 11.1 Å². The number of primary amides is 1. The van der Waals surface area contributed by atoms with Gasteiger partial charge in [0, 0.05) is 11.3 Å². The maximum Gasteiger partial charge on any atom is 0.319 e. The van der Waals surface area contributed by atoms with Gasteiger partial charge in [-0.2, -0.15) is 0 Å². The lowest BCUT2D eigenvalue weighted by Gasteiger charge is -2.32. The smallest absolute Gasteiger partial charge is 0.319 e. The van der Waals surface area contributed by atoms with Crippen LogP contribution in [0.15, 0.2) is 54.6 Å². The van der Waals surface area contributed by atoms with Crippen LogP contribution in [0.4, 0.5) is 10.5 Å². The molecule has 0 bridgehead atoms. The monoisotopic (exact) mass is 369 g/mol. The molecule has 27 heavy (non-hydrogen) atoms. The summed E-state index contributed by atoms with van der Waals surface area (Å²) in [6.45, 7) is 3.40. The van der Waals surface area contributed by atoms with Gasteiger partial charge in [0.25, 0.3) is 0 Å². The van der Waals surface area contributed by atoms with E-state index in [1.165, 1.54) is 13.2 Å². The van der Waals surface area contributed by atoms with Gasteiger partial charge in [-0.1, -0.05) is 36.4 Å². The lowest BCUT2D eigenvalue weighted by molar-refractivity contribution is -0.152. The summed E-state index contributed by atoms with van der Waals surface area (Å²) in [5.74, 6) is -1.04. The van der Waals surface area contributed by atoms with Gasteiger partial charge in [-0.05, 0) is 37.6 Å². The molecular formula is C20H23N3O4. The fraction of sp³-hybridized carbons (Fsp3) is 0.250. The summed E-state index contributed by atoms with van der Waals surface area (Å²) in [5, 5.41) is 5.48. The number of benzene rings is 2. The fourth-order valence-corrected chi connectivity index (χ4v) is 2.76. The maximum atomic E-state index is 12.5. The summed E-state index contributed by atoms with van der Waals surface area (Å²) in [4.78, 5) is 36.1. The summed E-state index contributed by atoms with van der Waals surface area (Å²) in [5.41, 5.74) is 5.69. The third-order valence-electron chi connectivity index (χ3n) is 4.25. The van der Waals surface area contributed by atoms with Crippen LogP contribution in [-0.2, 0) is 9.53 Å². The Morgan fingerprint density at radius 2 is 1.70 bits per heavy atom. The van der Waals surface area contributed by atoms with E-state index in [9.17, 15) is 14.4 Å². The van der Waals surface area contributed by atoms with Crippen LogP contribution in [-0.4, -0.2) is 25.0 Å². The van der Waals surface area contributed by atoms with Crippen LogP contribution < -0.4 is 16.4 Å². The van der Waals surface area contributed by atoms with Gasteiger partial charge < -0.3 is 21.1 Å². The Bertz CT molecular complexity index is 834. The van der Waals surface area contributed by atoms with Gasteiger partial charge in [0.1, 0.15) is 0 Å². The quantitative estimate of drug-likeness (QED) is 0.680. The highest BCUT2D eigenvalue weighted by Crippen LogP contribution is 2.34. The Morgan fingerprint density at radius 1 is 1.04 bits per heavy atom. The molecule has 2 rings (SSSR count). The van der Waals surface area contributed by atoms with Crippen LogP contribution in [0, 0.1) is 5.41 Å². The number of ether oxygens (including phenoxy) is 1. The van der Waals surface area contributed by atoms with E-state index < -0.39 is 29.4 Å². The number of methoxy groups -OCH3 is 1. The van der Waals surface area contributed by atoms with E-state index in [0.717, 1.165) is 5.56 Å². The van der Waals surface area contributed by atoms with E-state index in [0.29, 0.717) is 5.69 Å². The molecule has 1 unspecified atom stereocenters. The van der Waals surface area contributed by atoms with Crippen LogP contribution in [0.1, 0.15) is 35.8 Å². The zero-order chi connectivity index (χ0) is 20.0. The molecule has 0 aliphatic carbocycles. The Balaban J connectivity index is 2.25. The Hall–Kier alpha value is -3.35. The summed E-state index contributed by atoms with van der Waals surface area (Å²) in [6.07, 6.45) is 0. The topological polar surface area (TPSA) is 111 Å². The molecule has 3 amide bonds. The van der Waals surface area contributed by atoms with E-state index in [-0.39, 0.29) is 5.56 Å². The molecule has 1 atom stereocenters. The highest BCUT2D eigenvalue weighted by Gasteiger charge is 2.40. The van der Waals surface area contributed by atoms with Crippen molar-refractivity contribution >= 4 is 23.6 Å². The second-order valence-electron chi connectivity index (χ2n) is 6.60. The highest BCUT2D eigenvalue weighted by atomic mass is 16.5. The van der Waals surface area contributed by atoms with Crippen molar-refractivity contribution in [3.8, 4) is 0 Å². The minimum Gasteiger partial charge on any atom is -0.469 e. The number of hydrogen-bond acceptors (Lipinski definition) is 4. The molecule has 0 aliphatic rings. The number of rotatable bonds is 6. The minimum atomic E-state index is -1.01. The Labute approximate surface area is 157 Å². The van der Waals surface area contributed by atoms with E-state index in [1.807, 2.05) is 30.3 Å². The van der Waals surface area contributed by atoms with Crippen LogP contribution in [0.3, 0.4) is 0 Å². The van der Waals surface area contributed by atoms with Gasteiger partial charge >= 0.3 is 12.0 Å². The first-order chi connectivity index (χ1) is 12.8. The molecule has 0 saturated heterocycles. The number of carbonyl (C=O) groups is 3. The van der Waals surface area contributed by atoms with E-state index in [4.69, 9.17) is 10.5 Å². The summed E-state index contributed by atoms with van der Waals surface area (Å²) in [7, 11) is 1.31. The van der Waals surface area contributed by atoms with Crippen molar-refractivity contribution < 1.29 is 19.1 Å². The highest BCUT2D eigenvalue weighted by molar-refractivity contribution is 5.96. The molecule has 0 saturated carbocycles. The summed E-state index contributed by atoms with van der Waals surface area (Å²) in [6, 6.07) is 14.3. The molecule has 7 nitrogen and oxygen atoms in total. The first-order valence-corrected chi connectivity index (χ1v) is 8.36. The molecule has 2 aromatic rings. The number of carbonyl (C=O) groups excluding carboxylic acids is 3. The molecule has 4 N–H and O–H groups in total. The predicted octanol–water partition coefficient (Wildman–Crippen LogP) is 2.85. The average Bonchev–Trinajstić information content (AvgIpc) is 2.66. The van der Waals surface area contributed by atoms with Crippen molar-refractivity contribution in [3.05, 3.63) is 65.7 Å². The first kappa shape index (κ1) is 20.0. The number of amides is 3. The second-order valence-corrected chi connectivity index (χ2v) is 6.60. The van der Waals surface area contributed by atoms with Gasteiger partial charge in [-0.3, -0.25) is 9.59 Å². The van der Waals surface area contributed by atoms with Gasteiger partial charge in [-0.15, -0.1) is 0 Å². The first-order valence-electron chi connectivity index (χ1n) is 8.36. The van der Waals surface area contributed by atoms with E-state index in [2.05, 4.69) is 10.6 Å². The normalized spacial score (nSPS) is 12.0. The molecule has 142 valence electrons. The number of anilines is 1.